The maximum Gasteiger partial charge on any atom is 0.257 e. The Morgan fingerprint density at radius 2 is 1.75 bits per heavy atom. The van der Waals surface area contributed by atoms with Crippen LogP contribution in [0.3, 0.4) is 0 Å². The van der Waals surface area contributed by atoms with E-state index in [0.717, 1.165) is 18.8 Å². The molecule has 4 rings (SSSR count). The summed E-state index contributed by atoms with van der Waals surface area (Å²) in [5, 5.41) is 4.38. The van der Waals surface area contributed by atoms with Crippen LogP contribution in [0.25, 0.3) is 5.69 Å². The minimum Gasteiger partial charge on any atom is -0.336 e. The number of amides is 1. The highest BCUT2D eigenvalue weighted by molar-refractivity contribution is 5.94. The van der Waals surface area contributed by atoms with E-state index in [1.807, 2.05) is 41.4 Å². The molecule has 144 valence electrons. The van der Waals surface area contributed by atoms with Crippen LogP contribution in [-0.4, -0.2) is 58.7 Å². The summed E-state index contributed by atoms with van der Waals surface area (Å²) in [6, 6.07) is 18.8. The van der Waals surface area contributed by atoms with Gasteiger partial charge in [0.1, 0.15) is 0 Å². The Morgan fingerprint density at radius 3 is 2.43 bits per heavy atom. The smallest absolute Gasteiger partial charge is 0.257 e. The molecule has 0 bridgehead atoms. The molecule has 28 heavy (non-hydrogen) atoms. The van der Waals surface area contributed by atoms with Crippen LogP contribution in [0.1, 0.15) is 27.4 Å². The van der Waals surface area contributed by atoms with E-state index in [9.17, 15) is 4.79 Å². The fourth-order valence-corrected chi connectivity index (χ4v) is 3.95. The van der Waals surface area contributed by atoms with E-state index in [4.69, 9.17) is 0 Å². The minimum atomic E-state index is 0.0450. The highest BCUT2D eigenvalue weighted by Gasteiger charge is 2.37. The van der Waals surface area contributed by atoms with Crippen LogP contribution in [0.5, 0.6) is 0 Å². The first-order chi connectivity index (χ1) is 13.5. The molecular weight excluding hydrogens is 348 g/mol. The fraction of sp³-hybridized carbons (Fsp3) is 0.304. The summed E-state index contributed by atoms with van der Waals surface area (Å²) in [5.41, 5.74) is 4.13. The second-order valence-electron chi connectivity index (χ2n) is 7.77. The Morgan fingerprint density at radius 1 is 1.04 bits per heavy atom. The van der Waals surface area contributed by atoms with Crippen LogP contribution in [0.2, 0.25) is 0 Å². The SMILES string of the molecule is Cc1ccc(C2CN(C(=O)c3cnn(-c4ccccc4)c3)CC2N(C)C)cc1. The number of nitrogens with zero attached hydrogens (tertiary/aromatic N) is 4. The predicted molar refractivity (Wildman–Crippen MR) is 111 cm³/mol. The van der Waals surface area contributed by atoms with E-state index in [1.165, 1.54) is 11.1 Å². The van der Waals surface area contributed by atoms with Crippen molar-refractivity contribution in [3.63, 3.8) is 0 Å². The third-order valence-electron chi connectivity index (χ3n) is 5.60. The highest BCUT2D eigenvalue weighted by atomic mass is 16.2. The lowest BCUT2D eigenvalue weighted by molar-refractivity contribution is 0.0782. The molecule has 1 amide bonds. The molecule has 5 heteroatoms. The number of likely N-dealkylation sites (N-methyl/N-ethyl adjacent to an activating group) is 1. The number of rotatable bonds is 4. The van der Waals surface area contributed by atoms with Crippen LogP contribution in [0.15, 0.2) is 67.0 Å². The molecule has 2 unspecified atom stereocenters. The number of aromatic nitrogens is 2. The fourth-order valence-electron chi connectivity index (χ4n) is 3.95. The van der Waals surface area contributed by atoms with Crippen molar-refractivity contribution in [2.24, 2.45) is 0 Å². The van der Waals surface area contributed by atoms with E-state index in [2.05, 4.69) is 55.3 Å². The molecule has 0 aliphatic carbocycles. The van der Waals surface area contributed by atoms with Gasteiger partial charge in [0.05, 0.1) is 17.4 Å². The topological polar surface area (TPSA) is 41.4 Å². The Kier molecular flexibility index (Phi) is 5.01. The Hall–Kier alpha value is -2.92. The lowest BCUT2D eigenvalue weighted by atomic mass is 9.93. The normalized spacial score (nSPS) is 19.4. The van der Waals surface area contributed by atoms with Gasteiger partial charge < -0.3 is 9.80 Å². The summed E-state index contributed by atoms with van der Waals surface area (Å²) in [7, 11) is 4.18. The zero-order chi connectivity index (χ0) is 19.7. The summed E-state index contributed by atoms with van der Waals surface area (Å²) >= 11 is 0. The molecular formula is C23H26N4O. The Balaban J connectivity index is 1.55. The molecule has 1 aliphatic heterocycles. The number of carbonyl (C=O) groups excluding carboxylic acids is 1. The largest absolute Gasteiger partial charge is 0.336 e. The van der Waals surface area contributed by atoms with Crippen molar-refractivity contribution < 1.29 is 4.79 Å². The van der Waals surface area contributed by atoms with Gasteiger partial charge in [0.15, 0.2) is 0 Å². The zero-order valence-corrected chi connectivity index (χ0v) is 16.6. The molecule has 2 atom stereocenters. The maximum absolute atomic E-state index is 13.1. The summed E-state index contributed by atoms with van der Waals surface area (Å²) in [4.78, 5) is 17.3. The van der Waals surface area contributed by atoms with Gasteiger partial charge in [-0.05, 0) is 38.7 Å². The summed E-state index contributed by atoms with van der Waals surface area (Å²) in [6.07, 6.45) is 3.49. The van der Waals surface area contributed by atoms with Crippen LogP contribution < -0.4 is 0 Å². The van der Waals surface area contributed by atoms with Crippen LogP contribution >= 0.6 is 0 Å². The van der Waals surface area contributed by atoms with Gasteiger partial charge in [0, 0.05) is 31.2 Å². The van der Waals surface area contributed by atoms with Gasteiger partial charge in [0.25, 0.3) is 5.91 Å². The lowest BCUT2D eigenvalue weighted by Crippen LogP contribution is -2.35. The van der Waals surface area contributed by atoms with Crippen LogP contribution in [0.4, 0.5) is 0 Å². The molecule has 0 spiro atoms. The van der Waals surface area contributed by atoms with E-state index >= 15 is 0 Å². The molecule has 0 radical (unpaired) electrons. The molecule has 2 heterocycles. The van der Waals surface area contributed by atoms with Crippen molar-refractivity contribution in [2.45, 2.75) is 18.9 Å². The molecule has 1 aliphatic rings. The molecule has 3 aromatic rings. The molecule has 2 aromatic carbocycles. The number of hydrogen-bond donors (Lipinski definition) is 0. The third kappa shape index (κ3) is 3.58. The predicted octanol–water partition coefficient (Wildman–Crippen LogP) is 3.35. The summed E-state index contributed by atoms with van der Waals surface area (Å²) in [6.45, 7) is 3.55. The average Bonchev–Trinajstić information content (AvgIpc) is 3.37. The third-order valence-corrected chi connectivity index (χ3v) is 5.60. The molecule has 0 N–H and O–H groups in total. The lowest BCUT2D eigenvalue weighted by Gasteiger charge is -2.25. The van der Waals surface area contributed by atoms with Gasteiger partial charge in [-0.1, -0.05) is 48.0 Å². The number of likely N-dealkylation sites (tertiary alicyclic amines) is 1. The Labute approximate surface area is 166 Å². The van der Waals surface area contributed by atoms with Gasteiger partial charge in [-0.3, -0.25) is 4.79 Å². The van der Waals surface area contributed by atoms with E-state index in [0.29, 0.717) is 17.5 Å². The molecule has 0 saturated carbocycles. The van der Waals surface area contributed by atoms with Crippen molar-refractivity contribution >= 4 is 5.91 Å². The van der Waals surface area contributed by atoms with Crippen LogP contribution in [-0.2, 0) is 0 Å². The standard InChI is InChI=1S/C23H26N4O/c1-17-9-11-18(12-10-17)21-15-26(16-22(21)25(2)3)23(28)19-13-24-27(14-19)20-7-5-4-6-8-20/h4-14,21-22H,15-16H2,1-3H3. The quantitative estimate of drug-likeness (QED) is 0.703. The van der Waals surface area contributed by atoms with Crippen molar-refractivity contribution in [2.75, 3.05) is 27.2 Å². The number of aryl methyl sites for hydroxylation is 1. The van der Waals surface area contributed by atoms with Crippen molar-refractivity contribution in [1.29, 1.82) is 0 Å². The molecule has 5 nitrogen and oxygen atoms in total. The Bertz CT molecular complexity index is 946. The average molecular weight is 374 g/mol. The second-order valence-corrected chi connectivity index (χ2v) is 7.77. The van der Waals surface area contributed by atoms with E-state index < -0.39 is 0 Å². The molecule has 1 saturated heterocycles. The summed E-state index contributed by atoms with van der Waals surface area (Å²) in [5.74, 6) is 0.354. The van der Waals surface area contributed by atoms with Crippen molar-refractivity contribution in [1.82, 2.24) is 19.6 Å². The van der Waals surface area contributed by atoms with E-state index in [1.54, 1.807) is 10.9 Å². The number of benzene rings is 2. The van der Waals surface area contributed by atoms with E-state index in [-0.39, 0.29) is 5.91 Å². The molecule has 1 fully saturated rings. The first-order valence-corrected chi connectivity index (χ1v) is 9.65. The highest BCUT2D eigenvalue weighted by Crippen LogP contribution is 2.31. The monoisotopic (exact) mass is 374 g/mol. The zero-order valence-electron chi connectivity index (χ0n) is 16.6. The number of carbonyl (C=O) groups is 1. The first kappa shape index (κ1) is 18.4. The number of para-hydroxylation sites is 1. The first-order valence-electron chi connectivity index (χ1n) is 9.65. The second kappa shape index (κ2) is 7.60. The van der Waals surface area contributed by atoms with Gasteiger partial charge in [-0.25, -0.2) is 4.68 Å². The maximum atomic E-state index is 13.1. The van der Waals surface area contributed by atoms with Gasteiger partial charge >= 0.3 is 0 Å². The summed E-state index contributed by atoms with van der Waals surface area (Å²) < 4.78 is 1.75. The van der Waals surface area contributed by atoms with Crippen molar-refractivity contribution in [3.8, 4) is 5.69 Å². The molecule has 1 aromatic heterocycles. The van der Waals surface area contributed by atoms with Crippen molar-refractivity contribution in [3.05, 3.63) is 83.7 Å². The van der Waals surface area contributed by atoms with Crippen LogP contribution in [0, 0.1) is 6.92 Å². The van der Waals surface area contributed by atoms with Gasteiger partial charge in [-0.15, -0.1) is 0 Å². The minimum absolute atomic E-state index is 0.0450. The van der Waals surface area contributed by atoms with Gasteiger partial charge in [-0.2, -0.15) is 5.10 Å². The van der Waals surface area contributed by atoms with Gasteiger partial charge in [0.2, 0.25) is 0 Å². The number of hydrogen-bond acceptors (Lipinski definition) is 3.